The van der Waals surface area contributed by atoms with Crippen molar-refractivity contribution in [1.82, 2.24) is 0 Å². The minimum absolute atomic E-state index is 0.141. The monoisotopic (exact) mass is 304 g/mol. The molecule has 20 heavy (non-hydrogen) atoms. The number of carbonyl (C=O) groups is 1. The van der Waals surface area contributed by atoms with Crippen molar-refractivity contribution in [3.05, 3.63) is 11.6 Å². The van der Waals surface area contributed by atoms with E-state index in [2.05, 4.69) is 0 Å². The Morgan fingerprint density at radius 1 is 1.15 bits per heavy atom. The number of aliphatic hydroxyl groups is 1. The van der Waals surface area contributed by atoms with E-state index in [-0.39, 0.29) is 6.42 Å². The lowest BCUT2D eigenvalue weighted by atomic mass is 9.61. The molecule has 0 radical (unpaired) electrons. The Hall–Kier alpha value is -1.05. The van der Waals surface area contributed by atoms with Crippen molar-refractivity contribution in [2.24, 2.45) is 11.3 Å². The summed E-state index contributed by atoms with van der Waals surface area (Å²) in [5, 5.41) is 9.40. The van der Waals surface area contributed by atoms with Crippen LogP contribution in [0.5, 0.6) is 0 Å². The van der Waals surface area contributed by atoms with Crippen LogP contribution in [0.2, 0.25) is 0 Å². The molecule has 116 valence electrons. The van der Waals surface area contributed by atoms with E-state index in [1.807, 2.05) is 0 Å². The van der Waals surface area contributed by atoms with E-state index in [0.717, 1.165) is 19.9 Å². The van der Waals surface area contributed by atoms with Crippen LogP contribution >= 0.6 is 0 Å². The van der Waals surface area contributed by atoms with Crippen molar-refractivity contribution in [3.8, 4) is 0 Å². The average Bonchev–Trinajstić information content (AvgIpc) is 2.09. The number of hydrogen-bond acceptors (Lipinski definition) is 2. The molecule has 0 amide bonds. The van der Waals surface area contributed by atoms with Crippen LogP contribution < -0.4 is 0 Å². The molecular formula is C12H14F6O2. The summed E-state index contributed by atoms with van der Waals surface area (Å²) in [4.78, 5) is 11.7. The van der Waals surface area contributed by atoms with Gasteiger partial charge in [0.05, 0.1) is 5.92 Å². The Labute approximate surface area is 111 Å². The fraction of sp³-hybridized carbons (Fsp3) is 0.750. The predicted octanol–water partition coefficient (Wildman–Crippen LogP) is 3.40. The third-order valence-electron chi connectivity index (χ3n) is 3.47. The number of hydrogen-bond donors (Lipinski definition) is 1. The highest BCUT2D eigenvalue weighted by Crippen LogP contribution is 2.55. The normalized spacial score (nSPS) is 24.6. The van der Waals surface area contributed by atoms with Crippen LogP contribution in [0, 0.1) is 11.3 Å². The van der Waals surface area contributed by atoms with Gasteiger partial charge in [-0.15, -0.1) is 0 Å². The highest BCUT2D eigenvalue weighted by atomic mass is 19.4. The van der Waals surface area contributed by atoms with E-state index in [4.69, 9.17) is 0 Å². The Kier molecular flexibility index (Phi) is 3.80. The first-order valence-corrected chi connectivity index (χ1v) is 5.71. The van der Waals surface area contributed by atoms with Crippen molar-refractivity contribution < 1.29 is 36.2 Å². The number of alkyl halides is 6. The molecular weight excluding hydrogens is 290 g/mol. The van der Waals surface area contributed by atoms with E-state index < -0.39 is 35.1 Å². The molecule has 0 unspecified atom stereocenters. The summed E-state index contributed by atoms with van der Waals surface area (Å²) in [6.07, 6.45) is -11.4. The average molecular weight is 304 g/mol. The molecule has 0 bridgehead atoms. The van der Waals surface area contributed by atoms with Crippen molar-refractivity contribution in [2.75, 3.05) is 0 Å². The maximum absolute atomic E-state index is 12.9. The molecule has 0 heterocycles. The summed E-state index contributed by atoms with van der Waals surface area (Å²) < 4.78 is 77.1. The van der Waals surface area contributed by atoms with Gasteiger partial charge in [0.1, 0.15) is 0 Å². The zero-order valence-electron chi connectivity index (χ0n) is 11.0. The molecule has 1 atom stereocenters. The third kappa shape index (κ3) is 2.45. The topological polar surface area (TPSA) is 37.3 Å². The summed E-state index contributed by atoms with van der Waals surface area (Å²) in [6, 6.07) is 0. The molecule has 0 saturated heterocycles. The molecule has 8 heteroatoms. The van der Waals surface area contributed by atoms with Gasteiger partial charge in [0.25, 0.3) is 5.60 Å². The Balaban J connectivity index is 3.54. The first-order valence-electron chi connectivity index (χ1n) is 5.71. The van der Waals surface area contributed by atoms with Gasteiger partial charge in [-0.25, -0.2) is 0 Å². The molecule has 1 aliphatic rings. The summed E-state index contributed by atoms with van der Waals surface area (Å²) in [7, 11) is 0. The quantitative estimate of drug-likeness (QED) is 0.754. The predicted molar refractivity (Wildman–Crippen MR) is 57.7 cm³/mol. The highest BCUT2D eigenvalue weighted by molar-refractivity contribution is 5.95. The highest BCUT2D eigenvalue weighted by Gasteiger charge is 2.77. The Morgan fingerprint density at radius 2 is 1.55 bits per heavy atom. The molecule has 2 nitrogen and oxygen atoms in total. The van der Waals surface area contributed by atoms with Gasteiger partial charge in [0.2, 0.25) is 0 Å². The first kappa shape index (κ1) is 17.0. The van der Waals surface area contributed by atoms with E-state index in [1.165, 1.54) is 6.92 Å². The molecule has 0 spiro atoms. The van der Waals surface area contributed by atoms with E-state index >= 15 is 0 Å². The fourth-order valence-electron chi connectivity index (χ4n) is 2.84. The second-order valence-electron chi connectivity index (χ2n) is 5.75. The molecule has 0 aliphatic heterocycles. The SMILES string of the molecule is CC1=CC(=O)[C@H](C(O)(C(F)(F)F)C(F)(F)F)C(C)(C)C1. The van der Waals surface area contributed by atoms with Crippen LogP contribution in [0.3, 0.4) is 0 Å². The second-order valence-corrected chi connectivity index (χ2v) is 5.75. The molecule has 1 aliphatic carbocycles. The van der Waals surface area contributed by atoms with Crippen molar-refractivity contribution in [1.29, 1.82) is 0 Å². The Bertz CT molecular complexity index is 430. The van der Waals surface area contributed by atoms with Crippen molar-refractivity contribution >= 4 is 5.78 Å². The van der Waals surface area contributed by atoms with Gasteiger partial charge in [-0.3, -0.25) is 4.79 Å². The summed E-state index contributed by atoms with van der Waals surface area (Å²) >= 11 is 0. The maximum atomic E-state index is 12.9. The van der Waals surface area contributed by atoms with Gasteiger partial charge in [-0.05, 0) is 24.8 Å². The van der Waals surface area contributed by atoms with Crippen LogP contribution in [0.4, 0.5) is 26.3 Å². The van der Waals surface area contributed by atoms with Gasteiger partial charge < -0.3 is 5.11 Å². The lowest BCUT2D eigenvalue weighted by molar-refractivity contribution is -0.388. The number of halogens is 6. The number of allylic oxidation sites excluding steroid dienone is 2. The van der Waals surface area contributed by atoms with Gasteiger partial charge >= 0.3 is 12.4 Å². The first-order chi connectivity index (χ1) is 8.64. The summed E-state index contributed by atoms with van der Waals surface area (Å²) in [5.74, 6) is -3.99. The van der Waals surface area contributed by atoms with Gasteiger partial charge in [0.15, 0.2) is 5.78 Å². The van der Waals surface area contributed by atoms with E-state index in [1.54, 1.807) is 0 Å². The molecule has 0 aromatic rings. The van der Waals surface area contributed by atoms with Gasteiger partial charge in [-0.2, -0.15) is 26.3 Å². The smallest absolute Gasteiger partial charge is 0.373 e. The van der Waals surface area contributed by atoms with Gasteiger partial charge in [0, 0.05) is 0 Å². The molecule has 0 fully saturated rings. The standard InChI is InChI=1S/C12H14F6O2/c1-6-4-7(19)8(9(2,3)5-6)10(20,11(13,14)15)12(16,17)18/h4,8,20H,5H2,1-3H3/t8-/m0/s1. The number of rotatable bonds is 1. The zero-order chi connectivity index (χ0) is 16.1. The molecule has 1 N–H and O–H groups in total. The fourth-order valence-corrected chi connectivity index (χ4v) is 2.84. The molecule has 0 aromatic carbocycles. The zero-order valence-corrected chi connectivity index (χ0v) is 11.0. The van der Waals surface area contributed by atoms with Gasteiger partial charge in [-0.1, -0.05) is 19.4 Å². The minimum Gasteiger partial charge on any atom is -0.373 e. The van der Waals surface area contributed by atoms with E-state index in [0.29, 0.717) is 5.57 Å². The minimum atomic E-state index is -6.00. The van der Waals surface area contributed by atoms with Crippen molar-refractivity contribution in [3.63, 3.8) is 0 Å². The molecule has 1 rings (SSSR count). The molecule has 0 saturated carbocycles. The van der Waals surface area contributed by atoms with Crippen LogP contribution in [-0.4, -0.2) is 28.8 Å². The maximum Gasteiger partial charge on any atom is 0.427 e. The summed E-state index contributed by atoms with van der Waals surface area (Å²) in [6.45, 7) is 3.65. The Morgan fingerprint density at radius 3 is 1.85 bits per heavy atom. The summed E-state index contributed by atoms with van der Waals surface area (Å²) in [5.41, 5.74) is -6.35. The van der Waals surface area contributed by atoms with Crippen LogP contribution in [0.15, 0.2) is 11.6 Å². The number of carbonyl (C=O) groups excluding carboxylic acids is 1. The van der Waals surface area contributed by atoms with E-state index in [9.17, 15) is 36.2 Å². The largest absolute Gasteiger partial charge is 0.427 e. The molecule has 0 aromatic heterocycles. The number of ketones is 1. The van der Waals surface area contributed by atoms with Crippen LogP contribution in [0.1, 0.15) is 27.2 Å². The third-order valence-corrected chi connectivity index (χ3v) is 3.47. The van der Waals surface area contributed by atoms with Crippen molar-refractivity contribution in [2.45, 2.75) is 45.1 Å². The van der Waals surface area contributed by atoms with Crippen LogP contribution in [0.25, 0.3) is 0 Å². The lowest BCUT2D eigenvalue weighted by Gasteiger charge is -2.46. The lowest BCUT2D eigenvalue weighted by Crippen LogP contribution is -2.67. The van der Waals surface area contributed by atoms with Crippen LogP contribution in [-0.2, 0) is 4.79 Å². The second kappa shape index (κ2) is 4.47.